The van der Waals surface area contributed by atoms with E-state index in [2.05, 4.69) is 29.1 Å². The van der Waals surface area contributed by atoms with Gasteiger partial charge < -0.3 is 29.3 Å². The van der Waals surface area contributed by atoms with Crippen LogP contribution in [0, 0.1) is 25.7 Å². The quantitative estimate of drug-likeness (QED) is 0.152. The molecule has 252 valence electrons. The van der Waals surface area contributed by atoms with Gasteiger partial charge >= 0.3 is 0 Å². The molecule has 3 fully saturated rings. The molecule has 2 bridgehead atoms. The first-order valence-corrected chi connectivity index (χ1v) is 17.4. The summed E-state index contributed by atoms with van der Waals surface area (Å²) in [7, 11) is 0. The van der Waals surface area contributed by atoms with Crippen LogP contribution in [-0.2, 0) is 19.1 Å². The monoisotopic (exact) mass is 707 g/mol. The third kappa shape index (κ3) is 6.39. The summed E-state index contributed by atoms with van der Waals surface area (Å²) >= 11 is 3.80. The SMILES string of the molecule is C=CCN(C(=O)[C@H]1[C@@H]2OC3(CC2Br)C(C(=O)N(CC=C)c2cc(C)ccc2C)N(CCCCCO)C(=O)[C@H]13)c1ccc(OCC)cc1. The molecule has 0 aliphatic carbocycles. The van der Waals surface area contributed by atoms with Crippen molar-refractivity contribution in [2.75, 3.05) is 42.6 Å². The maximum Gasteiger partial charge on any atom is 0.253 e. The van der Waals surface area contributed by atoms with Crippen LogP contribution < -0.4 is 14.5 Å². The van der Waals surface area contributed by atoms with Crippen LogP contribution in [0.2, 0.25) is 0 Å². The zero-order valence-corrected chi connectivity index (χ0v) is 29.2. The second kappa shape index (κ2) is 14.7. The highest BCUT2D eigenvalue weighted by Crippen LogP contribution is 2.60. The Labute approximate surface area is 286 Å². The van der Waals surface area contributed by atoms with Crippen LogP contribution in [-0.4, -0.2) is 83.2 Å². The maximum atomic E-state index is 14.9. The minimum absolute atomic E-state index is 0.0555. The van der Waals surface area contributed by atoms with Crippen LogP contribution >= 0.6 is 15.9 Å². The van der Waals surface area contributed by atoms with E-state index >= 15 is 0 Å². The Morgan fingerprint density at radius 1 is 1.06 bits per heavy atom. The molecular weight excluding hydrogens is 662 g/mol. The normalized spacial score (nSPS) is 25.9. The van der Waals surface area contributed by atoms with Crippen LogP contribution in [0.1, 0.15) is 43.7 Å². The van der Waals surface area contributed by atoms with Crippen molar-refractivity contribution in [1.29, 1.82) is 0 Å². The molecule has 6 atom stereocenters. The number of rotatable bonds is 15. The van der Waals surface area contributed by atoms with E-state index in [9.17, 15) is 19.5 Å². The highest BCUT2D eigenvalue weighted by molar-refractivity contribution is 9.09. The Morgan fingerprint density at radius 2 is 1.77 bits per heavy atom. The van der Waals surface area contributed by atoms with Gasteiger partial charge in [-0.25, -0.2) is 0 Å². The average Bonchev–Trinajstić information content (AvgIpc) is 3.65. The average molecular weight is 709 g/mol. The Bertz CT molecular complexity index is 1500. The van der Waals surface area contributed by atoms with Crippen LogP contribution in [0.25, 0.3) is 0 Å². The number of fused-ring (bicyclic) bond motifs is 1. The number of hydrogen-bond donors (Lipinski definition) is 1. The lowest BCUT2D eigenvalue weighted by Crippen LogP contribution is -2.57. The molecule has 0 aromatic heterocycles. The number of carbonyl (C=O) groups excluding carboxylic acids is 3. The molecule has 2 aromatic carbocycles. The summed E-state index contributed by atoms with van der Waals surface area (Å²) in [4.78, 5) is 48.9. The molecule has 2 aromatic rings. The summed E-state index contributed by atoms with van der Waals surface area (Å²) in [6.07, 6.45) is 5.09. The number of benzene rings is 2. The summed E-state index contributed by atoms with van der Waals surface area (Å²) in [6.45, 7) is 15.1. The molecule has 3 aliphatic rings. The predicted octanol–water partition coefficient (Wildman–Crippen LogP) is 5.35. The topological polar surface area (TPSA) is 99.6 Å². The fourth-order valence-corrected chi connectivity index (χ4v) is 8.56. The summed E-state index contributed by atoms with van der Waals surface area (Å²) in [5.41, 5.74) is 2.16. The van der Waals surface area contributed by atoms with Crippen molar-refractivity contribution < 1.29 is 29.0 Å². The van der Waals surface area contributed by atoms with Gasteiger partial charge in [0.05, 0.1) is 24.5 Å². The fourth-order valence-electron chi connectivity index (χ4n) is 7.62. The predicted molar refractivity (Wildman–Crippen MR) is 187 cm³/mol. The molecule has 9 nitrogen and oxygen atoms in total. The minimum atomic E-state index is -1.19. The zero-order chi connectivity index (χ0) is 33.9. The summed E-state index contributed by atoms with van der Waals surface area (Å²) < 4.78 is 12.4. The number of aliphatic hydroxyl groups excluding tert-OH is 1. The van der Waals surface area contributed by atoms with Crippen molar-refractivity contribution in [2.24, 2.45) is 11.8 Å². The molecule has 0 radical (unpaired) electrons. The van der Waals surface area contributed by atoms with Crippen LogP contribution in [0.15, 0.2) is 67.8 Å². The van der Waals surface area contributed by atoms with Gasteiger partial charge in [-0.15, -0.1) is 13.2 Å². The number of aliphatic hydroxyl groups is 1. The lowest BCUT2D eigenvalue weighted by molar-refractivity contribution is -0.140. The number of nitrogens with zero attached hydrogens (tertiary/aromatic N) is 3. The number of likely N-dealkylation sites (tertiary alicyclic amines) is 1. The lowest BCUT2D eigenvalue weighted by Gasteiger charge is -2.38. The number of hydrogen-bond acceptors (Lipinski definition) is 6. The first-order chi connectivity index (χ1) is 22.6. The van der Waals surface area contributed by atoms with E-state index in [1.807, 2.05) is 63.2 Å². The number of carbonyl (C=O) groups is 3. The van der Waals surface area contributed by atoms with Crippen molar-refractivity contribution in [3.8, 4) is 5.75 Å². The summed E-state index contributed by atoms with van der Waals surface area (Å²) in [5.74, 6) is -1.67. The van der Waals surface area contributed by atoms with Gasteiger partial charge in [0.2, 0.25) is 11.8 Å². The highest BCUT2D eigenvalue weighted by atomic mass is 79.9. The van der Waals surface area contributed by atoms with E-state index in [0.717, 1.165) is 16.8 Å². The van der Waals surface area contributed by atoms with Gasteiger partial charge in [-0.3, -0.25) is 14.4 Å². The number of alkyl halides is 1. The summed E-state index contributed by atoms with van der Waals surface area (Å²) in [6, 6.07) is 12.3. The number of halogens is 1. The lowest BCUT2D eigenvalue weighted by atomic mass is 9.70. The van der Waals surface area contributed by atoms with Crippen molar-refractivity contribution in [3.05, 3.63) is 78.9 Å². The van der Waals surface area contributed by atoms with Crippen molar-refractivity contribution in [2.45, 2.75) is 69.0 Å². The molecule has 0 saturated carbocycles. The second-order valence-corrected chi connectivity index (χ2v) is 13.8. The fraction of sp³-hybridized carbons (Fsp3) is 0.486. The molecule has 3 heterocycles. The second-order valence-electron chi connectivity index (χ2n) is 12.7. The number of aryl methyl sites for hydroxylation is 2. The van der Waals surface area contributed by atoms with E-state index in [1.54, 1.807) is 26.9 Å². The van der Waals surface area contributed by atoms with Gasteiger partial charge in [-0.2, -0.15) is 0 Å². The van der Waals surface area contributed by atoms with Crippen LogP contribution in [0.3, 0.4) is 0 Å². The molecule has 10 heteroatoms. The number of anilines is 2. The van der Waals surface area contributed by atoms with Crippen molar-refractivity contribution in [1.82, 2.24) is 4.90 Å². The third-order valence-electron chi connectivity index (χ3n) is 9.64. The van der Waals surface area contributed by atoms with Crippen molar-refractivity contribution >= 4 is 45.0 Å². The molecule has 1 spiro atoms. The molecule has 1 N–H and O–H groups in total. The van der Waals surface area contributed by atoms with Gasteiger partial charge in [0.15, 0.2) is 0 Å². The molecule has 3 saturated heterocycles. The molecule has 47 heavy (non-hydrogen) atoms. The van der Waals surface area contributed by atoms with E-state index in [-0.39, 0.29) is 42.2 Å². The van der Waals surface area contributed by atoms with Gasteiger partial charge in [-0.1, -0.05) is 40.2 Å². The van der Waals surface area contributed by atoms with Gasteiger partial charge in [0, 0.05) is 42.4 Å². The first-order valence-electron chi connectivity index (χ1n) is 16.5. The van der Waals surface area contributed by atoms with Gasteiger partial charge in [-0.05, 0) is 87.9 Å². The van der Waals surface area contributed by atoms with Crippen molar-refractivity contribution in [3.63, 3.8) is 0 Å². The molecular formula is C37H46BrN3O6. The Balaban J connectivity index is 1.56. The smallest absolute Gasteiger partial charge is 0.253 e. The number of ether oxygens (including phenoxy) is 2. The molecule has 3 amide bonds. The maximum absolute atomic E-state index is 14.9. The molecule has 3 unspecified atom stereocenters. The Morgan fingerprint density at radius 3 is 2.43 bits per heavy atom. The Kier molecular flexibility index (Phi) is 10.9. The van der Waals surface area contributed by atoms with Gasteiger partial charge in [0.1, 0.15) is 17.4 Å². The summed E-state index contributed by atoms with van der Waals surface area (Å²) in [5, 5.41) is 9.40. The van der Waals surface area contributed by atoms with E-state index < -0.39 is 29.6 Å². The standard InChI is InChI=1S/C37H46BrN3O6/c1-6-18-39(26-14-16-27(17-15-26)46-8-3)34(43)30-31-35(44)41(20-10-9-11-21-42)33(37(31)23-28(38)32(30)47-37)36(45)40(19-7-2)29-22-24(4)12-13-25(29)5/h6-7,12-17,22,28,30-33,42H,1-2,8-11,18-21,23H2,3-5H3/t28?,30-,31+,32-,33?,37?/m1/s1. The molecule has 3 aliphatic heterocycles. The Hall–Kier alpha value is -3.47. The number of unbranched alkanes of at least 4 members (excludes halogenated alkanes) is 2. The zero-order valence-electron chi connectivity index (χ0n) is 27.6. The first kappa shape index (κ1) is 34.9. The van der Waals surface area contributed by atoms with Crippen LogP contribution in [0.4, 0.5) is 11.4 Å². The van der Waals surface area contributed by atoms with E-state index in [1.165, 1.54) is 0 Å². The third-order valence-corrected chi connectivity index (χ3v) is 10.5. The van der Waals surface area contributed by atoms with E-state index in [0.29, 0.717) is 50.3 Å². The largest absolute Gasteiger partial charge is 0.494 e. The van der Waals surface area contributed by atoms with Gasteiger partial charge in [0.25, 0.3) is 5.91 Å². The highest BCUT2D eigenvalue weighted by Gasteiger charge is 2.77. The number of amides is 3. The van der Waals surface area contributed by atoms with Crippen LogP contribution in [0.5, 0.6) is 5.75 Å². The molecule has 5 rings (SSSR count). The minimum Gasteiger partial charge on any atom is -0.494 e. The van der Waals surface area contributed by atoms with E-state index in [4.69, 9.17) is 9.47 Å².